The van der Waals surface area contributed by atoms with E-state index in [0.29, 0.717) is 6.54 Å². The summed E-state index contributed by atoms with van der Waals surface area (Å²) in [5, 5.41) is 0. The first-order valence-corrected chi connectivity index (χ1v) is 6.55. The van der Waals surface area contributed by atoms with Gasteiger partial charge >= 0.3 is 0 Å². The maximum atomic E-state index is 12.4. The van der Waals surface area contributed by atoms with Gasteiger partial charge in [0.2, 0.25) is 12.3 Å². The third-order valence-corrected chi connectivity index (χ3v) is 3.62. The summed E-state index contributed by atoms with van der Waals surface area (Å²) < 4.78 is 1.98. The first kappa shape index (κ1) is 13.5. The van der Waals surface area contributed by atoms with E-state index >= 15 is 0 Å². The minimum atomic E-state index is 0.167. The predicted molar refractivity (Wildman–Crippen MR) is 76.4 cm³/mol. The highest BCUT2D eigenvalue weighted by Crippen LogP contribution is 2.16. The highest BCUT2D eigenvalue weighted by atomic mass is 16.1. The van der Waals surface area contributed by atoms with Crippen molar-refractivity contribution in [2.45, 2.75) is 34.2 Å². The Kier molecular flexibility index (Phi) is 3.79. The van der Waals surface area contributed by atoms with E-state index in [-0.39, 0.29) is 5.78 Å². The van der Waals surface area contributed by atoms with Crippen LogP contribution in [0.15, 0.2) is 36.5 Å². The molecule has 1 aromatic carbocycles. The smallest absolute Gasteiger partial charge is 0.227 e. The van der Waals surface area contributed by atoms with Gasteiger partial charge in [0.1, 0.15) is 0 Å². The lowest BCUT2D eigenvalue weighted by atomic mass is 9.98. The van der Waals surface area contributed by atoms with E-state index in [2.05, 4.69) is 13.0 Å². The van der Waals surface area contributed by atoms with Crippen LogP contribution in [-0.2, 0) is 6.54 Å². The van der Waals surface area contributed by atoms with Gasteiger partial charge in [-0.05, 0) is 43.5 Å². The van der Waals surface area contributed by atoms with Crippen molar-refractivity contribution in [3.05, 3.63) is 64.5 Å². The van der Waals surface area contributed by atoms with Crippen LogP contribution in [0.25, 0.3) is 0 Å². The zero-order chi connectivity index (χ0) is 14.0. The SMILES string of the molecule is Cc1cc(C)c(C(=O)C[n+]2ccccc2C)cc1C. The number of rotatable bonds is 3. The van der Waals surface area contributed by atoms with E-state index in [4.69, 9.17) is 0 Å². The molecule has 0 saturated carbocycles. The molecule has 19 heavy (non-hydrogen) atoms. The van der Waals surface area contributed by atoms with Gasteiger partial charge in [-0.15, -0.1) is 0 Å². The maximum absolute atomic E-state index is 12.4. The average Bonchev–Trinajstić information content (AvgIpc) is 2.36. The Morgan fingerprint density at radius 3 is 2.37 bits per heavy atom. The first-order chi connectivity index (χ1) is 8.99. The van der Waals surface area contributed by atoms with Gasteiger partial charge in [-0.25, -0.2) is 0 Å². The standard InChI is InChI=1S/C17H20NO/c1-12-9-14(3)16(10-13(12)2)17(19)11-18-8-6-5-7-15(18)4/h5-10H,11H2,1-4H3/q+1. The van der Waals surface area contributed by atoms with Gasteiger partial charge < -0.3 is 0 Å². The number of carbonyl (C=O) groups is 1. The van der Waals surface area contributed by atoms with Crippen molar-refractivity contribution >= 4 is 5.78 Å². The summed E-state index contributed by atoms with van der Waals surface area (Å²) in [6.45, 7) is 8.54. The van der Waals surface area contributed by atoms with Crippen molar-refractivity contribution in [3.8, 4) is 0 Å². The predicted octanol–water partition coefficient (Wildman–Crippen LogP) is 3.09. The van der Waals surface area contributed by atoms with Crippen LogP contribution in [0.1, 0.15) is 32.7 Å². The lowest BCUT2D eigenvalue weighted by Gasteiger charge is -2.08. The zero-order valence-electron chi connectivity index (χ0n) is 12.0. The number of hydrogen-bond donors (Lipinski definition) is 0. The van der Waals surface area contributed by atoms with Crippen molar-refractivity contribution in [2.75, 3.05) is 0 Å². The molecule has 0 atom stereocenters. The molecule has 2 rings (SSSR count). The quantitative estimate of drug-likeness (QED) is 0.609. The third kappa shape index (κ3) is 2.90. The summed E-state index contributed by atoms with van der Waals surface area (Å²) in [4.78, 5) is 12.4. The summed E-state index contributed by atoms with van der Waals surface area (Å²) in [7, 11) is 0. The number of nitrogens with zero attached hydrogens (tertiary/aromatic N) is 1. The van der Waals surface area contributed by atoms with Crippen molar-refractivity contribution in [1.82, 2.24) is 0 Å². The van der Waals surface area contributed by atoms with Crippen molar-refractivity contribution in [3.63, 3.8) is 0 Å². The summed E-state index contributed by atoms with van der Waals surface area (Å²) in [5.74, 6) is 0.167. The Morgan fingerprint density at radius 1 is 1.00 bits per heavy atom. The van der Waals surface area contributed by atoms with Gasteiger partial charge in [-0.1, -0.05) is 12.1 Å². The molecule has 0 aliphatic rings. The molecule has 2 heteroatoms. The van der Waals surface area contributed by atoms with Crippen LogP contribution >= 0.6 is 0 Å². The summed E-state index contributed by atoms with van der Waals surface area (Å²) in [6.07, 6.45) is 1.95. The molecule has 0 unspecified atom stereocenters. The fourth-order valence-corrected chi connectivity index (χ4v) is 2.24. The van der Waals surface area contributed by atoms with Crippen LogP contribution in [-0.4, -0.2) is 5.78 Å². The largest absolute Gasteiger partial charge is 0.287 e. The topological polar surface area (TPSA) is 20.9 Å². The number of hydrogen-bond acceptors (Lipinski definition) is 1. The number of carbonyl (C=O) groups excluding carboxylic acids is 1. The van der Waals surface area contributed by atoms with Crippen molar-refractivity contribution < 1.29 is 9.36 Å². The second kappa shape index (κ2) is 5.35. The first-order valence-electron chi connectivity index (χ1n) is 6.55. The van der Waals surface area contributed by atoms with Gasteiger partial charge in [0, 0.05) is 24.6 Å². The van der Waals surface area contributed by atoms with E-state index in [1.807, 2.05) is 55.8 Å². The van der Waals surface area contributed by atoms with Gasteiger partial charge in [0.05, 0.1) is 0 Å². The molecular weight excluding hydrogens is 234 g/mol. The summed E-state index contributed by atoms with van der Waals surface area (Å²) in [6, 6.07) is 10.0. The van der Waals surface area contributed by atoms with Crippen LogP contribution in [0, 0.1) is 27.7 Å². The minimum Gasteiger partial charge on any atom is -0.287 e. The highest BCUT2D eigenvalue weighted by Gasteiger charge is 2.16. The summed E-state index contributed by atoms with van der Waals surface area (Å²) >= 11 is 0. The molecule has 98 valence electrons. The number of pyridine rings is 1. The Morgan fingerprint density at radius 2 is 1.68 bits per heavy atom. The Hall–Kier alpha value is -1.96. The van der Waals surface area contributed by atoms with Crippen LogP contribution < -0.4 is 4.57 Å². The lowest BCUT2D eigenvalue weighted by Crippen LogP contribution is -2.40. The van der Waals surface area contributed by atoms with Crippen LogP contribution in [0.4, 0.5) is 0 Å². The molecule has 0 aliphatic heterocycles. The maximum Gasteiger partial charge on any atom is 0.227 e. The Balaban J connectivity index is 2.31. The number of benzene rings is 1. The minimum absolute atomic E-state index is 0.167. The monoisotopic (exact) mass is 254 g/mol. The Bertz CT molecular complexity index is 629. The molecule has 0 bridgehead atoms. The fraction of sp³-hybridized carbons (Fsp3) is 0.294. The molecule has 0 saturated heterocycles. The van der Waals surface area contributed by atoms with Crippen molar-refractivity contribution in [2.24, 2.45) is 0 Å². The number of Topliss-reactive ketones (excluding diaryl/α,β-unsaturated/α-hetero) is 1. The van der Waals surface area contributed by atoms with E-state index < -0.39 is 0 Å². The molecule has 0 aliphatic carbocycles. The van der Waals surface area contributed by atoms with Crippen LogP contribution in [0.2, 0.25) is 0 Å². The molecular formula is C17H20NO+. The zero-order valence-corrected chi connectivity index (χ0v) is 12.0. The molecule has 0 fully saturated rings. The van der Waals surface area contributed by atoms with E-state index in [0.717, 1.165) is 16.8 Å². The number of aromatic nitrogens is 1. The normalized spacial score (nSPS) is 10.5. The molecule has 1 heterocycles. The average molecular weight is 254 g/mol. The van der Waals surface area contributed by atoms with Crippen LogP contribution in [0.5, 0.6) is 0 Å². The molecule has 0 N–H and O–H groups in total. The molecule has 0 radical (unpaired) electrons. The van der Waals surface area contributed by atoms with Gasteiger partial charge in [0.15, 0.2) is 11.9 Å². The number of aryl methyl sites for hydroxylation is 4. The van der Waals surface area contributed by atoms with Crippen LogP contribution in [0.3, 0.4) is 0 Å². The van der Waals surface area contributed by atoms with Gasteiger partial charge in [0.25, 0.3) is 0 Å². The molecule has 0 amide bonds. The second-order valence-electron chi connectivity index (χ2n) is 5.14. The highest BCUT2D eigenvalue weighted by molar-refractivity contribution is 5.96. The number of ketones is 1. The second-order valence-corrected chi connectivity index (χ2v) is 5.14. The van der Waals surface area contributed by atoms with Crippen molar-refractivity contribution in [1.29, 1.82) is 0 Å². The van der Waals surface area contributed by atoms with E-state index in [1.165, 1.54) is 11.1 Å². The lowest BCUT2D eigenvalue weighted by molar-refractivity contribution is -0.689. The summed E-state index contributed by atoms with van der Waals surface area (Å²) in [5.41, 5.74) is 5.39. The van der Waals surface area contributed by atoms with E-state index in [1.54, 1.807) is 0 Å². The third-order valence-electron chi connectivity index (χ3n) is 3.62. The fourth-order valence-electron chi connectivity index (χ4n) is 2.24. The molecule has 0 spiro atoms. The van der Waals surface area contributed by atoms with Gasteiger partial charge in [-0.3, -0.25) is 4.79 Å². The van der Waals surface area contributed by atoms with Gasteiger partial charge in [-0.2, -0.15) is 4.57 Å². The van der Waals surface area contributed by atoms with E-state index in [9.17, 15) is 4.79 Å². The molecule has 2 nitrogen and oxygen atoms in total. The molecule has 2 aromatic rings. The Labute approximate surface area is 114 Å². The molecule has 1 aromatic heterocycles.